The van der Waals surface area contributed by atoms with Crippen molar-refractivity contribution in [3.05, 3.63) is 41.4 Å². The van der Waals surface area contributed by atoms with E-state index in [1.54, 1.807) is 14.0 Å². The summed E-state index contributed by atoms with van der Waals surface area (Å²) in [5.41, 5.74) is 1.43. The monoisotopic (exact) mass is 411 g/mol. The van der Waals surface area contributed by atoms with Crippen molar-refractivity contribution in [2.75, 3.05) is 51.3 Å². The van der Waals surface area contributed by atoms with Crippen LogP contribution >= 0.6 is 0 Å². The van der Waals surface area contributed by atoms with Crippen LogP contribution in [0.5, 0.6) is 5.75 Å². The molecule has 3 rings (SSSR count). The summed E-state index contributed by atoms with van der Waals surface area (Å²) in [5.74, 6) is 1.91. The zero-order valence-electron chi connectivity index (χ0n) is 18.1. The number of piperazine rings is 1. The number of hydrogen-bond donors (Lipinski definition) is 0. The third kappa shape index (κ3) is 4.74. The van der Waals surface area contributed by atoms with Gasteiger partial charge in [0.25, 0.3) is 0 Å². The molecule has 0 radical (unpaired) electrons. The van der Waals surface area contributed by atoms with Crippen molar-refractivity contribution < 1.29 is 13.9 Å². The number of aromatic nitrogens is 1. The average molecular weight is 412 g/mol. The molecule has 1 saturated heterocycles. The van der Waals surface area contributed by atoms with Gasteiger partial charge in [0.2, 0.25) is 17.5 Å². The molecule has 1 aromatic heterocycles. The van der Waals surface area contributed by atoms with Gasteiger partial charge >= 0.3 is 0 Å². The number of methoxy groups -OCH3 is 1. The van der Waals surface area contributed by atoms with E-state index in [9.17, 15) is 10.1 Å². The SMILES string of the molecule is CCN(CC(=O)N1CCN(c2oc(C)nc2C#N)CC1)C(C)c1cccc(OC)c1. The van der Waals surface area contributed by atoms with E-state index in [0.717, 1.165) is 17.9 Å². The first-order valence-corrected chi connectivity index (χ1v) is 10.2. The number of nitriles is 1. The number of ether oxygens (including phenoxy) is 1. The molecular formula is C22H29N5O3. The second-order valence-corrected chi connectivity index (χ2v) is 7.38. The normalized spacial score (nSPS) is 15.2. The maximum atomic E-state index is 12.9. The topological polar surface area (TPSA) is 85.8 Å². The molecule has 0 saturated carbocycles. The highest BCUT2D eigenvalue weighted by atomic mass is 16.5. The van der Waals surface area contributed by atoms with Crippen LogP contribution in [-0.2, 0) is 4.79 Å². The number of carbonyl (C=O) groups excluding carboxylic acids is 1. The second kappa shape index (κ2) is 9.63. The molecule has 30 heavy (non-hydrogen) atoms. The fourth-order valence-corrected chi connectivity index (χ4v) is 3.77. The van der Waals surface area contributed by atoms with Crippen molar-refractivity contribution in [1.82, 2.24) is 14.8 Å². The van der Waals surface area contributed by atoms with Crippen LogP contribution in [0, 0.1) is 18.3 Å². The van der Waals surface area contributed by atoms with E-state index in [-0.39, 0.29) is 11.9 Å². The van der Waals surface area contributed by atoms with Crippen molar-refractivity contribution in [1.29, 1.82) is 5.26 Å². The highest BCUT2D eigenvalue weighted by molar-refractivity contribution is 5.78. The van der Waals surface area contributed by atoms with E-state index in [2.05, 4.69) is 35.9 Å². The van der Waals surface area contributed by atoms with Gasteiger partial charge in [0.05, 0.1) is 13.7 Å². The third-order valence-corrected chi connectivity index (χ3v) is 5.61. The zero-order valence-corrected chi connectivity index (χ0v) is 18.1. The fourth-order valence-electron chi connectivity index (χ4n) is 3.77. The van der Waals surface area contributed by atoms with Gasteiger partial charge in [0.1, 0.15) is 11.8 Å². The molecule has 160 valence electrons. The summed E-state index contributed by atoms with van der Waals surface area (Å²) in [7, 11) is 1.66. The van der Waals surface area contributed by atoms with E-state index in [4.69, 9.17) is 9.15 Å². The molecule has 0 bridgehead atoms. The molecule has 8 heteroatoms. The van der Waals surface area contributed by atoms with Gasteiger partial charge in [-0.2, -0.15) is 5.26 Å². The lowest BCUT2D eigenvalue weighted by molar-refractivity contribution is -0.133. The maximum absolute atomic E-state index is 12.9. The van der Waals surface area contributed by atoms with Crippen molar-refractivity contribution in [2.24, 2.45) is 0 Å². The number of amides is 1. The second-order valence-electron chi connectivity index (χ2n) is 7.38. The minimum Gasteiger partial charge on any atom is -0.497 e. The largest absolute Gasteiger partial charge is 0.497 e. The van der Waals surface area contributed by atoms with Crippen molar-refractivity contribution in [3.63, 3.8) is 0 Å². The van der Waals surface area contributed by atoms with Crippen molar-refractivity contribution in [2.45, 2.75) is 26.8 Å². The molecule has 1 amide bonds. The van der Waals surface area contributed by atoms with Gasteiger partial charge < -0.3 is 19.0 Å². The van der Waals surface area contributed by atoms with Gasteiger partial charge in [-0.1, -0.05) is 19.1 Å². The van der Waals surface area contributed by atoms with E-state index in [0.29, 0.717) is 50.2 Å². The molecule has 1 fully saturated rings. The van der Waals surface area contributed by atoms with Crippen LogP contribution in [0.4, 0.5) is 5.88 Å². The first-order valence-electron chi connectivity index (χ1n) is 10.2. The van der Waals surface area contributed by atoms with Gasteiger partial charge in [0, 0.05) is 39.1 Å². The molecule has 2 heterocycles. The zero-order chi connectivity index (χ0) is 21.7. The number of benzene rings is 1. The van der Waals surface area contributed by atoms with Gasteiger partial charge in [-0.05, 0) is 31.2 Å². The Bertz CT molecular complexity index is 912. The van der Waals surface area contributed by atoms with Gasteiger partial charge in [-0.15, -0.1) is 0 Å². The number of rotatable bonds is 7. The Morgan fingerprint density at radius 2 is 2.10 bits per heavy atom. The lowest BCUT2D eigenvalue weighted by Crippen LogP contribution is -2.51. The minimum absolute atomic E-state index is 0.102. The molecule has 1 aliphatic rings. The summed E-state index contributed by atoms with van der Waals surface area (Å²) < 4.78 is 10.9. The van der Waals surface area contributed by atoms with Crippen LogP contribution in [0.25, 0.3) is 0 Å². The number of carbonyl (C=O) groups is 1. The fraction of sp³-hybridized carbons (Fsp3) is 0.500. The standard InChI is InChI=1S/C22H29N5O3/c1-5-25(16(2)18-7-6-8-19(13-18)29-4)15-21(28)26-9-11-27(12-10-26)22-20(14-23)24-17(3)30-22/h6-8,13,16H,5,9-12,15H2,1-4H3. The van der Waals surface area contributed by atoms with Gasteiger partial charge in [-0.25, -0.2) is 4.98 Å². The van der Waals surface area contributed by atoms with Crippen LogP contribution in [0.1, 0.15) is 37.0 Å². The molecule has 0 N–H and O–H groups in total. The number of hydrogen-bond acceptors (Lipinski definition) is 7. The van der Waals surface area contributed by atoms with Gasteiger partial charge in [0.15, 0.2) is 5.89 Å². The smallest absolute Gasteiger partial charge is 0.236 e. The lowest BCUT2D eigenvalue weighted by atomic mass is 10.1. The summed E-state index contributed by atoms with van der Waals surface area (Å²) in [4.78, 5) is 23.1. The Balaban J connectivity index is 1.59. The average Bonchev–Trinajstić information content (AvgIpc) is 3.17. The maximum Gasteiger partial charge on any atom is 0.236 e. The Morgan fingerprint density at radius 1 is 1.37 bits per heavy atom. The molecule has 0 aliphatic carbocycles. The quantitative estimate of drug-likeness (QED) is 0.692. The van der Waals surface area contributed by atoms with Crippen LogP contribution in [-0.4, -0.2) is 67.1 Å². The molecule has 1 aromatic carbocycles. The molecular weight excluding hydrogens is 382 g/mol. The third-order valence-electron chi connectivity index (χ3n) is 5.61. The van der Waals surface area contributed by atoms with Crippen molar-refractivity contribution in [3.8, 4) is 11.8 Å². The Kier molecular flexibility index (Phi) is 6.95. The number of aryl methyl sites for hydroxylation is 1. The number of likely N-dealkylation sites (N-methyl/N-ethyl adjacent to an activating group) is 1. The summed E-state index contributed by atoms with van der Waals surface area (Å²) in [6.45, 7) is 9.46. The first kappa shape index (κ1) is 21.7. The van der Waals surface area contributed by atoms with Crippen LogP contribution in [0.15, 0.2) is 28.7 Å². The predicted octanol–water partition coefficient (Wildman–Crippen LogP) is 2.60. The van der Waals surface area contributed by atoms with E-state index < -0.39 is 0 Å². The summed E-state index contributed by atoms with van der Waals surface area (Å²) >= 11 is 0. The number of oxazole rings is 1. The molecule has 8 nitrogen and oxygen atoms in total. The van der Waals surface area contributed by atoms with E-state index in [1.807, 2.05) is 28.0 Å². The summed E-state index contributed by atoms with van der Waals surface area (Å²) in [6, 6.07) is 10.1. The molecule has 2 aromatic rings. The van der Waals surface area contributed by atoms with Crippen LogP contribution in [0.3, 0.4) is 0 Å². The Labute approximate surface area is 177 Å². The molecule has 0 spiro atoms. The molecule has 1 unspecified atom stereocenters. The van der Waals surface area contributed by atoms with E-state index >= 15 is 0 Å². The summed E-state index contributed by atoms with van der Waals surface area (Å²) in [5, 5.41) is 9.23. The lowest BCUT2D eigenvalue weighted by Gasteiger charge is -2.36. The predicted molar refractivity (Wildman–Crippen MR) is 113 cm³/mol. The number of anilines is 1. The highest BCUT2D eigenvalue weighted by Gasteiger charge is 2.27. The molecule has 1 atom stereocenters. The van der Waals surface area contributed by atoms with Crippen LogP contribution in [0.2, 0.25) is 0 Å². The highest BCUT2D eigenvalue weighted by Crippen LogP contribution is 2.25. The van der Waals surface area contributed by atoms with E-state index in [1.165, 1.54) is 0 Å². The number of nitrogens with zero attached hydrogens (tertiary/aromatic N) is 5. The van der Waals surface area contributed by atoms with Gasteiger partial charge in [-0.3, -0.25) is 9.69 Å². The Morgan fingerprint density at radius 3 is 2.73 bits per heavy atom. The van der Waals surface area contributed by atoms with Crippen LogP contribution < -0.4 is 9.64 Å². The first-order chi connectivity index (χ1) is 14.5. The van der Waals surface area contributed by atoms with Crippen molar-refractivity contribution >= 4 is 11.8 Å². The Hall–Kier alpha value is -3.05. The minimum atomic E-state index is 0.102. The molecule has 1 aliphatic heterocycles. The summed E-state index contributed by atoms with van der Waals surface area (Å²) in [6.07, 6.45) is 0.